The van der Waals surface area contributed by atoms with Gasteiger partial charge in [-0.05, 0) is 25.1 Å². The van der Waals surface area contributed by atoms with Crippen LogP contribution in [-0.2, 0) is 0 Å². The van der Waals surface area contributed by atoms with E-state index in [1.807, 2.05) is 25.4 Å². The lowest BCUT2D eigenvalue weighted by Crippen LogP contribution is -2.15. The number of pyridine rings is 1. The molecule has 1 aromatic heterocycles. The summed E-state index contributed by atoms with van der Waals surface area (Å²) >= 11 is 0. The van der Waals surface area contributed by atoms with Gasteiger partial charge in [-0.3, -0.25) is 4.98 Å². The van der Waals surface area contributed by atoms with Crippen molar-refractivity contribution in [3.8, 4) is 0 Å². The molecule has 0 aliphatic carbocycles. The third-order valence-electron chi connectivity index (χ3n) is 1.84. The maximum Gasteiger partial charge on any atom is 0.0367 e. The standard InChI is InChI=1S/C10H14N2/c1-3-5-10(11-2)9-6-4-7-12-8-9/h3-4,6-8,10-11H,1,5H2,2H3/t10-/m1/s1. The molecule has 1 atom stereocenters. The SMILES string of the molecule is C=CC[C@@H](NC)c1cccnc1. The molecular formula is C10H14N2. The lowest BCUT2D eigenvalue weighted by molar-refractivity contribution is 0.601. The number of hydrogen-bond acceptors (Lipinski definition) is 2. The van der Waals surface area contributed by atoms with Crippen LogP contribution in [0.15, 0.2) is 37.2 Å². The Morgan fingerprint density at radius 3 is 3.08 bits per heavy atom. The minimum atomic E-state index is 0.344. The van der Waals surface area contributed by atoms with Crippen molar-refractivity contribution < 1.29 is 0 Å². The van der Waals surface area contributed by atoms with Gasteiger partial charge in [0.2, 0.25) is 0 Å². The fraction of sp³-hybridized carbons (Fsp3) is 0.300. The van der Waals surface area contributed by atoms with Gasteiger partial charge < -0.3 is 5.32 Å². The number of hydrogen-bond donors (Lipinski definition) is 1. The lowest BCUT2D eigenvalue weighted by atomic mass is 10.1. The van der Waals surface area contributed by atoms with Crippen molar-refractivity contribution in [2.24, 2.45) is 0 Å². The van der Waals surface area contributed by atoms with E-state index < -0.39 is 0 Å². The molecule has 0 bridgehead atoms. The molecule has 0 aliphatic rings. The summed E-state index contributed by atoms with van der Waals surface area (Å²) in [7, 11) is 1.95. The second kappa shape index (κ2) is 4.67. The van der Waals surface area contributed by atoms with Crippen molar-refractivity contribution in [3.05, 3.63) is 42.7 Å². The van der Waals surface area contributed by atoms with E-state index in [-0.39, 0.29) is 0 Å². The largest absolute Gasteiger partial charge is 0.313 e. The van der Waals surface area contributed by atoms with Gasteiger partial charge in [0, 0.05) is 18.4 Å². The first-order chi connectivity index (χ1) is 5.88. The second-order valence-corrected chi connectivity index (χ2v) is 2.65. The Hall–Kier alpha value is -1.15. The Labute approximate surface area is 73.3 Å². The van der Waals surface area contributed by atoms with Gasteiger partial charge in [-0.25, -0.2) is 0 Å². The highest BCUT2D eigenvalue weighted by molar-refractivity contribution is 5.14. The maximum atomic E-state index is 4.06. The van der Waals surface area contributed by atoms with E-state index in [9.17, 15) is 0 Å². The van der Waals surface area contributed by atoms with Crippen molar-refractivity contribution in [2.45, 2.75) is 12.5 Å². The van der Waals surface area contributed by atoms with Crippen molar-refractivity contribution in [3.63, 3.8) is 0 Å². The van der Waals surface area contributed by atoms with Gasteiger partial charge in [0.05, 0.1) is 0 Å². The molecule has 0 spiro atoms. The molecule has 0 saturated heterocycles. The quantitative estimate of drug-likeness (QED) is 0.684. The summed E-state index contributed by atoms with van der Waals surface area (Å²) in [6.07, 6.45) is 6.51. The highest BCUT2D eigenvalue weighted by Crippen LogP contribution is 2.14. The van der Waals surface area contributed by atoms with Crippen LogP contribution in [0.25, 0.3) is 0 Å². The van der Waals surface area contributed by atoms with Crippen molar-refractivity contribution >= 4 is 0 Å². The predicted molar refractivity (Wildman–Crippen MR) is 50.9 cm³/mol. The van der Waals surface area contributed by atoms with E-state index in [0.717, 1.165) is 6.42 Å². The highest BCUT2D eigenvalue weighted by Gasteiger charge is 2.05. The summed E-state index contributed by atoms with van der Waals surface area (Å²) < 4.78 is 0. The number of rotatable bonds is 4. The molecule has 2 heteroatoms. The number of aromatic nitrogens is 1. The predicted octanol–water partition coefficient (Wildman–Crippen LogP) is 1.92. The van der Waals surface area contributed by atoms with Crippen LogP contribution in [0.5, 0.6) is 0 Å². The summed E-state index contributed by atoms with van der Waals surface area (Å²) in [6, 6.07) is 4.36. The van der Waals surface area contributed by atoms with E-state index in [2.05, 4.69) is 22.9 Å². The zero-order chi connectivity index (χ0) is 8.81. The highest BCUT2D eigenvalue weighted by atomic mass is 14.9. The summed E-state index contributed by atoms with van der Waals surface area (Å²) in [5.74, 6) is 0. The molecule has 1 aromatic rings. The van der Waals surface area contributed by atoms with Gasteiger partial charge in [0.1, 0.15) is 0 Å². The molecular weight excluding hydrogens is 148 g/mol. The molecule has 0 amide bonds. The topological polar surface area (TPSA) is 24.9 Å². The molecule has 2 nitrogen and oxygen atoms in total. The van der Waals surface area contributed by atoms with Gasteiger partial charge in [-0.2, -0.15) is 0 Å². The van der Waals surface area contributed by atoms with Crippen molar-refractivity contribution in [1.29, 1.82) is 0 Å². The van der Waals surface area contributed by atoms with E-state index >= 15 is 0 Å². The smallest absolute Gasteiger partial charge is 0.0367 e. The van der Waals surface area contributed by atoms with Crippen LogP contribution in [-0.4, -0.2) is 12.0 Å². The van der Waals surface area contributed by atoms with Crippen LogP contribution in [0, 0.1) is 0 Å². The third kappa shape index (κ3) is 2.17. The Morgan fingerprint density at radius 2 is 2.58 bits per heavy atom. The fourth-order valence-corrected chi connectivity index (χ4v) is 1.17. The van der Waals surface area contributed by atoms with Crippen LogP contribution < -0.4 is 5.32 Å². The van der Waals surface area contributed by atoms with Crippen LogP contribution in [0.1, 0.15) is 18.0 Å². The molecule has 0 unspecified atom stereocenters. The Bertz CT molecular complexity index is 231. The van der Waals surface area contributed by atoms with Gasteiger partial charge in [-0.15, -0.1) is 6.58 Å². The molecule has 0 saturated carbocycles. The number of nitrogens with one attached hydrogen (secondary N) is 1. The maximum absolute atomic E-state index is 4.06. The lowest BCUT2D eigenvalue weighted by Gasteiger charge is -2.13. The van der Waals surface area contributed by atoms with Crippen molar-refractivity contribution in [2.75, 3.05) is 7.05 Å². The number of nitrogens with zero attached hydrogens (tertiary/aromatic N) is 1. The zero-order valence-electron chi connectivity index (χ0n) is 7.33. The van der Waals surface area contributed by atoms with Crippen molar-refractivity contribution in [1.82, 2.24) is 10.3 Å². The van der Waals surface area contributed by atoms with E-state index in [1.54, 1.807) is 6.20 Å². The molecule has 1 rings (SSSR count). The monoisotopic (exact) mass is 162 g/mol. The fourth-order valence-electron chi connectivity index (χ4n) is 1.17. The first kappa shape index (κ1) is 8.94. The van der Waals surface area contributed by atoms with E-state index in [1.165, 1.54) is 5.56 Å². The molecule has 0 radical (unpaired) electrons. The third-order valence-corrected chi connectivity index (χ3v) is 1.84. The molecule has 12 heavy (non-hydrogen) atoms. The van der Waals surface area contributed by atoms with Gasteiger partial charge in [0.15, 0.2) is 0 Å². The zero-order valence-corrected chi connectivity index (χ0v) is 7.33. The summed E-state index contributed by atoms with van der Waals surface area (Å²) in [4.78, 5) is 4.06. The molecule has 1 N–H and O–H groups in total. The minimum Gasteiger partial charge on any atom is -0.313 e. The normalized spacial score (nSPS) is 12.4. The average Bonchev–Trinajstić information content (AvgIpc) is 2.15. The molecule has 1 heterocycles. The van der Waals surface area contributed by atoms with Crippen LogP contribution in [0.2, 0.25) is 0 Å². The summed E-state index contributed by atoms with van der Waals surface area (Å²) in [5.41, 5.74) is 1.21. The minimum absolute atomic E-state index is 0.344. The summed E-state index contributed by atoms with van der Waals surface area (Å²) in [6.45, 7) is 3.71. The average molecular weight is 162 g/mol. The van der Waals surface area contributed by atoms with Crippen LogP contribution in [0.4, 0.5) is 0 Å². The van der Waals surface area contributed by atoms with Crippen LogP contribution >= 0.6 is 0 Å². The second-order valence-electron chi connectivity index (χ2n) is 2.65. The first-order valence-electron chi connectivity index (χ1n) is 4.06. The molecule has 0 fully saturated rings. The summed E-state index contributed by atoms with van der Waals surface area (Å²) in [5, 5.41) is 3.21. The Morgan fingerprint density at radius 1 is 1.75 bits per heavy atom. The first-order valence-corrected chi connectivity index (χ1v) is 4.06. The Balaban J connectivity index is 2.72. The van der Waals surface area contributed by atoms with Gasteiger partial charge in [0.25, 0.3) is 0 Å². The van der Waals surface area contributed by atoms with Gasteiger partial charge in [-0.1, -0.05) is 12.1 Å². The molecule has 0 aromatic carbocycles. The molecule has 0 aliphatic heterocycles. The van der Waals surface area contributed by atoms with E-state index in [0.29, 0.717) is 6.04 Å². The molecule has 64 valence electrons. The Kier molecular flexibility index (Phi) is 3.48. The van der Waals surface area contributed by atoms with E-state index in [4.69, 9.17) is 0 Å². The van der Waals surface area contributed by atoms with Crippen LogP contribution in [0.3, 0.4) is 0 Å². The van der Waals surface area contributed by atoms with Gasteiger partial charge >= 0.3 is 0 Å².